The number of rotatable bonds is 5. The van der Waals surface area contributed by atoms with Crippen molar-refractivity contribution in [3.8, 4) is 0 Å². The van der Waals surface area contributed by atoms with E-state index >= 15 is 0 Å². The zero-order valence-electron chi connectivity index (χ0n) is 16.4. The molecule has 26 heavy (non-hydrogen) atoms. The van der Waals surface area contributed by atoms with Crippen molar-refractivity contribution in [3.63, 3.8) is 0 Å². The quantitative estimate of drug-likeness (QED) is 0.768. The second kappa shape index (κ2) is 8.67. The molecule has 1 aromatic carbocycles. The molecule has 2 unspecified atom stereocenters. The van der Waals surface area contributed by atoms with E-state index in [4.69, 9.17) is 12.2 Å². The third-order valence-electron chi connectivity index (χ3n) is 4.95. The molecule has 2 atom stereocenters. The molecule has 1 fully saturated rings. The molecule has 0 spiro atoms. The van der Waals surface area contributed by atoms with Gasteiger partial charge in [0, 0.05) is 31.9 Å². The highest BCUT2D eigenvalue weighted by molar-refractivity contribution is 7.89. The van der Waals surface area contributed by atoms with E-state index in [1.165, 1.54) is 10.7 Å². The Morgan fingerprint density at radius 1 is 1.23 bits per heavy atom. The van der Waals surface area contributed by atoms with Crippen LogP contribution in [0, 0.1) is 18.8 Å². The highest BCUT2D eigenvalue weighted by Gasteiger charge is 2.25. The molecule has 0 aliphatic carbocycles. The molecule has 0 bridgehead atoms. The number of hydrogen-bond donors (Lipinski definition) is 1. The van der Waals surface area contributed by atoms with E-state index in [0.29, 0.717) is 34.9 Å². The summed E-state index contributed by atoms with van der Waals surface area (Å²) in [4.78, 5) is 2.50. The van der Waals surface area contributed by atoms with E-state index < -0.39 is 10.0 Å². The van der Waals surface area contributed by atoms with Gasteiger partial charge in [-0.2, -0.15) is 4.31 Å². The highest BCUT2D eigenvalue weighted by Crippen LogP contribution is 2.25. The Kier molecular flexibility index (Phi) is 7.05. The summed E-state index contributed by atoms with van der Waals surface area (Å²) in [7, 11) is -3.48. The minimum atomic E-state index is -3.48. The normalized spacial score (nSPS) is 21.1. The lowest BCUT2D eigenvalue weighted by Gasteiger charge is -2.36. The molecule has 0 radical (unpaired) electrons. The van der Waals surface area contributed by atoms with Crippen molar-refractivity contribution in [3.05, 3.63) is 23.8 Å². The predicted octanol–water partition coefficient (Wildman–Crippen LogP) is 3.70. The van der Waals surface area contributed by atoms with Crippen LogP contribution in [0.1, 0.15) is 39.7 Å². The maximum atomic E-state index is 12.8. The van der Waals surface area contributed by atoms with Crippen molar-refractivity contribution in [2.45, 2.75) is 45.9 Å². The largest absolute Gasteiger partial charge is 0.348 e. The second-order valence-corrected chi connectivity index (χ2v) is 9.67. The first-order valence-corrected chi connectivity index (χ1v) is 11.2. The van der Waals surface area contributed by atoms with Gasteiger partial charge < -0.3 is 10.2 Å². The van der Waals surface area contributed by atoms with Gasteiger partial charge in [-0.1, -0.05) is 33.8 Å². The van der Waals surface area contributed by atoms with Gasteiger partial charge in [-0.05, 0) is 55.1 Å². The predicted molar refractivity (Wildman–Crippen MR) is 112 cm³/mol. The lowest BCUT2D eigenvalue weighted by molar-refractivity contribution is 0.216. The molecule has 1 N–H and O–H groups in total. The Hall–Kier alpha value is -1.18. The molecule has 1 aliphatic rings. The monoisotopic (exact) mass is 397 g/mol. The first-order valence-electron chi connectivity index (χ1n) is 9.35. The summed E-state index contributed by atoms with van der Waals surface area (Å²) in [5.41, 5.74) is 1.73. The summed E-state index contributed by atoms with van der Waals surface area (Å²) < 4.78 is 27.0. The number of piperidine rings is 1. The van der Waals surface area contributed by atoms with Gasteiger partial charge in [0.15, 0.2) is 5.11 Å². The van der Waals surface area contributed by atoms with Gasteiger partial charge >= 0.3 is 0 Å². The van der Waals surface area contributed by atoms with Crippen molar-refractivity contribution in [1.29, 1.82) is 0 Å². The summed E-state index contributed by atoms with van der Waals surface area (Å²) in [6.45, 7) is 12.9. The number of sulfonamides is 1. The number of nitrogens with zero attached hydrogens (tertiary/aromatic N) is 2. The molecule has 1 heterocycles. The number of anilines is 1. The summed E-state index contributed by atoms with van der Waals surface area (Å²) >= 11 is 5.61. The Balaban J connectivity index is 2.23. The Labute approximate surface area is 163 Å². The Morgan fingerprint density at radius 3 is 2.35 bits per heavy atom. The van der Waals surface area contributed by atoms with Gasteiger partial charge in [0.05, 0.1) is 4.90 Å². The number of thiocarbonyl (C=S) groups is 1. The van der Waals surface area contributed by atoms with E-state index in [1.807, 2.05) is 26.8 Å². The van der Waals surface area contributed by atoms with Crippen LogP contribution in [-0.2, 0) is 10.0 Å². The Bertz CT molecular complexity index is 735. The lowest BCUT2D eigenvalue weighted by Crippen LogP contribution is -2.44. The minimum absolute atomic E-state index is 0.303. The molecular weight excluding hydrogens is 366 g/mol. The zero-order chi connectivity index (χ0) is 19.5. The van der Waals surface area contributed by atoms with Crippen LogP contribution in [0.2, 0.25) is 0 Å². The van der Waals surface area contributed by atoms with Gasteiger partial charge in [-0.3, -0.25) is 0 Å². The SMILES string of the molecule is CCN(CC)S(=O)(=O)c1ccc(C)c(NC(=S)N2CC(C)CC(C)C2)c1. The van der Waals surface area contributed by atoms with Crippen molar-refractivity contribution >= 4 is 33.0 Å². The average molecular weight is 398 g/mol. The van der Waals surface area contributed by atoms with E-state index in [-0.39, 0.29) is 0 Å². The number of benzene rings is 1. The molecular formula is C19H31N3O2S2. The van der Waals surface area contributed by atoms with E-state index in [0.717, 1.165) is 24.3 Å². The molecule has 0 aromatic heterocycles. The fourth-order valence-corrected chi connectivity index (χ4v) is 5.38. The molecule has 1 aliphatic heterocycles. The van der Waals surface area contributed by atoms with Crippen LogP contribution in [0.15, 0.2) is 23.1 Å². The summed E-state index contributed by atoms with van der Waals surface area (Å²) in [6.07, 6.45) is 1.22. The third-order valence-corrected chi connectivity index (χ3v) is 7.36. The van der Waals surface area contributed by atoms with Gasteiger partial charge in [-0.15, -0.1) is 0 Å². The van der Waals surface area contributed by atoms with E-state index in [1.54, 1.807) is 12.1 Å². The molecule has 5 nitrogen and oxygen atoms in total. The standard InChI is InChI=1S/C19H31N3O2S2/c1-6-22(7-2)26(23,24)17-9-8-16(5)18(11-17)20-19(25)21-12-14(3)10-15(4)13-21/h8-9,11,14-15H,6-7,10,12-13H2,1-5H3,(H,20,25). The van der Waals surface area contributed by atoms with Crippen LogP contribution >= 0.6 is 12.2 Å². The molecule has 0 saturated carbocycles. The third kappa shape index (κ3) is 4.75. The Morgan fingerprint density at radius 2 is 1.81 bits per heavy atom. The van der Waals surface area contributed by atoms with E-state index in [9.17, 15) is 8.42 Å². The van der Waals surface area contributed by atoms with Crippen LogP contribution in [-0.4, -0.2) is 48.9 Å². The van der Waals surface area contributed by atoms with E-state index in [2.05, 4.69) is 24.1 Å². The first kappa shape index (κ1) is 21.1. The number of aryl methyl sites for hydroxylation is 1. The number of nitrogens with one attached hydrogen (secondary N) is 1. The van der Waals surface area contributed by atoms with Crippen LogP contribution in [0.5, 0.6) is 0 Å². The van der Waals surface area contributed by atoms with Crippen LogP contribution in [0.3, 0.4) is 0 Å². The van der Waals surface area contributed by atoms with Crippen molar-refractivity contribution in [2.24, 2.45) is 11.8 Å². The zero-order valence-corrected chi connectivity index (χ0v) is 18.1. The van der Waals surface area contributed by atoms with Crippen LogP contribution < -0.4 is 5.32 Å². The fourth-order valence-electron chi connectivity index (χ4n) is 3.63. The fraction of sp³-hybridized carbons (Fsp3) is 0.632. The first-order chi connectivity index (χ1) is 12.2. The average Bonchev–Trinajstić information content (AvgIpc) is 2.56. The summed E-state index contributed by atoms with van der Waals surface area (Å²) in [5.74, 6) is 1.21. The topological polar surface area (TPSA) is 52.7 Å². The molecule has 7 heteroatoms. The lowest BCUT2D eigenvalue weighted by atomic mass is 9.92. The molecule has 146 valence electrons. The summed E-state index contributed by atoms with van der Waals surface area (Å²) in [5, 5.41) is 3.95. The van der Waals surface area contributed by atoms with Gasteiger partial charge in [-0.25, -0.2) is 8.42 Å². The minimum Gasteiger partial charge on any atom is -0.348 e. The van der Waals surface area contributed by atoms with Crippen molar-refractivity contribution in [2.75, 3.05) is 31.5 Å². The molecule has 0 amide bonds. The van der Waals surface area contributed by atoms with Crippen LogP contribution in [0.4, 0.5) is 5.69 Å². The van der Waals surface area contributed by atoms with Crippen molar-refractivity contribution < 1.29 is 8.42 Å². The number of hydrogen-bond acceptors (Lipinski definition) is 3. The van der Waals surface area contributed by atoms with Gasteiger partial charge in [0.1, 0.15) is 0 Å². The number of likely N-dealkylation sites (tertiary alicyclic amines) is 1. The maximum Gasteiger partial charge on any atom is 0.243 e. The molecule has 2 rings (SSSR count). The summed E-state index contributed by atoms with van der Waals surface area (Å²) in [6, 6.07) is 5.21. The van der Waals surface area contributed by atoms with Crippen molar-refractivity contribution in [1.82, 2.24) is 9.21 Å². The molecule has 1 aromatic rings. The molecule has 1 saturated heterocycles. The van der Waals surface area contributed by atoms with Gasteiger partial charge in [0.2, 0.25) is 10.0 Å². The second-order valence-electron chi connectivity index (χ2n) is 7.35. The smallest absolute Gasteiger partial charge is 0.243 e. The highest BCUT2D eigenvalue weighted by atomic mass is 32.2. The maximum absolute atomic E-state index is 12.8. The van der Waals surface area contributed by atoms with Crippen LogP contribution in [0.25, 0.3) is 0 Å². The van der Waals surface area contributed by atoms with Gasteiger partial charge in [0.25, 0.3) is 0 Å².